The second-order valence-electron chi connectivity index (χ2n) is 6.74. The fourth-order valence-electron chi connectivity index (χ4n) is 2.96. The lowest BCUT2D eigenvalue weighted by Gasteiger charge is -2.15. The standard InChI is InChI=1S/C18H25N5O/c1-12(2)16(19)18(24)20-14-8-6-7-13(11-14)17-22-21-15-9-4-3-5-10-23(15)17/h6-8,11-12,16H,3-5,9-10,19H2,1-2H3,(H,20,24)/t16-/m0/s1. The molecule has 2 heterocycles. The Balaban J connectivity index is 1.84. The number of carbonyl (C=O) groups excluding carboxylic acids is 1. The Morgan fingerprint density at radius 1 is 1.25 bits per heavy atom. The minimum atomic E-state index is -0.516. The van der Waals surface area contributed by atoms with Crippen LogP contribution in [0.1, 0.15) is 38.9 Å². The molecule has 128 valence electrons. The number of fused-ring (bicyclic) bond motifs is 1. The van der Waals surface area contributed by atoms with E-state index in [-0.39, 0.29) is 11.8 Å². The Kier molecular flexibility index (Phi) is 4.94. The molecule has 0 unspecified atom stereocenters. The largest absolute Gasteiger partial charge is 0.325 e. The molecule has 1 amide bonds. The minimum absolute atomic E-state index is 0.0976. The molecule has 2 aromatic rings. The van der Waals surface area contributed by atoms with Gasteiger partial charge in [0.2, 0.25) is 5.91 Å². The number of nitrogens with two attached hydrogens (primary N) is 1. The van der Waals surface area contributed by atoms with Gasteiger partial charge in [0.15, 0.2) is 5.82 Å². The first-order valence-electron chi connectivity index (χ1n) is 8.65. The molecule has 0 saturated carbocycles. The van der Waals surface area contributed by atoms with E-state index in [1.165, 1.54) is 12.8 Å². The van der Waals surface area contributed by atoms with Crippen molar-refractivity contribution in [3.8, 4) is 11.4 Å². The van der Waals surface area contributed by atoms with Crippen LogP contribution >= 0.6 is 0 Å². The fourth-order valence-corrected chi connectivity index (χ4v) is 2.96. The molecule has 0 radical (unpaired) electrons. The summed E-state index contributed by atoms with van der Waals surface area (Å²) in [5.74, 6) is 1.86. The molecule has 1 aromatic heterocycles. The van der Waals surface area contributed by atoms with Crippen LogP contribution in [0.15, 0.2) is 24.3 Å². The van der Waals surface area contributed by atoms with E-state index in [9.17, 15) is 4.79 Å². The Bertz CT molecular complexity index is 722. The van der Waals surface area contributed by atoms with Crippen LogP contribution in [-0.2, 0) is 17.8 Å². The predicted octanol–water partition coefficient (Wildman–Crippen LogP) is 2.59. The minimum Gasteiger partial charge on any atom is -0.325 e. The van der Waals surface area contributed by atoms with Gasteiger partial charge in [0.1, 0.15) is 5.82 Å². The lowest BCUT2D eigenvalue weighted by Crippen LogP contribution is -2.39. The average Bonchev–Trinajstić information content (AvgIpc) is 2.83. The summed E-state index contributed by atoms with van der Waals surface area (Å²) in [6.07, 6.45) is 4.53. The lowest BCUT2D eigenvalue weighted by atomic mass is 10.0. The molecule has 6 heteroatoms. The first-order chi connectivity index (χ1) is 11.6. The van der Waals surface area contributed by atoms with E-state index < -0.39 is 6.04 Å². The highest BCUT2D eigenvalue weighted by atomic mass is 16.2. The van der Waals surface area contributed by atoms with Crippen LogP contribution in [0.2, 0.25) is 0 Å². The normalized spacial score (nSPS) is 15.7. The predicted molar refractivity (Wildman–Crippen MR) is 94.5 cm³/mol. The maximum absolute atomic E-state index is 12.2. The number of carbonyl (C=O) groups is 1. The van der Waals surface area contributed by atoms with Crippen molar-refractivity contribution in [2.45, 2.75) is 52.1 Å². The van der Waals surface area contributed by atoms with Gasteiger partial charge in [-0.1, -0.05) is 32.4 Å². The summed E-state index contributed by atoms with van der Waals surface area (Å²) < 4.78 is 2.20. The van der Waals surface area contributed by atoms with Crippen LogP contribution in [0.5, 0.6) is 0 Å². The second-order valence-corrected chi connectivity index (χ2v) is 6.74. The molecule has 1 aliphatic rings. The number of nitrogens with one attached hydrogen (secondary N) is 1. The van der Waals surface area contributed by atoms with Crippen molar-refractivity contribution in [3.63, 3.8) is 0 Å². The van der Waals surface area contributed by atoms with E-state index in [2.05, 4.69) is 20.1 Å². The molecule has 0 fully saturated rings. The van der Waals surface area contributed by atoms with Gasteiger partial charge in [-0.2, -0.15) is 0 Å². The summed E-state index contributed by atoms with van der Waals surface area (Å²) in [4.78, 5) is 12.2. The van der Waals surface area contributed by atoms with Crippen LogP contribution in [0.3, 0.4) is 0 Å². The van der Waals surface area contributed by atoms with Crippen LogP contribution in [-0.4, -0.2) is 26.7 Å². The first-order valence-corrected chi connectivity index (χ1v) is 8.65. The molecule has 0 bridgehead atoms. The third kappa shape index (κ3) is 3.48. The molecule has 1 aliphatic heterocycles. The van der Waals surface area contributed by atoms with Gasteiger partial charge in [-0.25, -0.2) is 0 Å². The maximum atomic E-state index is 12.2. The van der Waals surface area contributed by atoms with Crippen molar-refractivity contribution in [3.05, 3.63) is 30.1 Å². The third-order valence-corrected chi connectivity index (χ3v) is 4.52. The summed E-state index contributed by atoms with van der Waals surface area (Å²) in [6, 6.07) is 7.21. The fraction of sp³-hybridized carbons (Fsp3) is 0.500. The number of anilines is 1. The van der Waals surface area contributed by atoms with Crippen molar-refractivity contribution in [1.29, 1.82) is 0 Å². The van der Waals surface area contributed by atoms with Crippen LogP contribution < -0.4 is 11.1 Å². The summed E-state index contributed by atoms with van der Waals surface area (Å²) in [5, 5.41) is 11.6. The number of amides is 1. The quantitative estimate of drug-likeness (QED) is 0.904. The average molecular weight is 327 g/mol. The van der Waals surface area contributed by atoms with Crippen molar-refractivity contribution in [2.75, 3.05) is 5.32 Å². The number of hydrogen-bond donors (Lipinski definition) is 2. The first kappa shape index (κ1) is 16.6. The van der Waals surface area contributed by atoms with Gasteiger partial charge in [-0.05, 0) is 30.9 Å². The summed E-state index contributed by atoms with van der Waals surface area (Å²) >= 11 is 0. The molecule has 24 heavy (non-hydrogen) atoms. The number of aryl methyl sites for hydroxylation is 1. The van der Waals surface area contributed by atoms with Crippen LogP contribution in [0.4, 0.5) is 5.69 Å². The number of rotatable bonds is 4. The van der Waals surface area contributed by atoms with E-state index >= 15 is 0 Å². The maximum Gasteiger partial charge on any atom is 0.241 e. The molecule has 0 spiro atoms. The van der Waals surface area contributed by atoms with Crippen molar-refractivity contribution < 1.29 is 4.79 Å². The van der Waals surface area contributed by atoms with Gasteiger partial charge in [-0.15, -0.1) is 10.2 Å². The van der Waals surface area contributed by atoms with Crippen molar-refractivity contribution >= 4 is 11.6 Å². The van der Waals surface area contributed by atoms with Crippen molar-refractivity contribution in [2.24, 2.45) is 11.7 Å². The Hall–Kier alpha value is -2.21. The number of aromatic nitrogens is 3. The molecule has 1 atom stereocenters. The number of hydrogen-bond acceptors (Lipinski definition) is 4. The Morgan fingerprint density at radius 2 is 2.08 bits per heavy atom. The summed E-state index contributed by atoms with van der Waals surface area (Å²) in [7, 11) is 0. The van der Waals surface area contributed by atoms with Gasteiger partial charge in [-0.3, -0.25) is 4.79 Å². The summed E-state index contributed by atoms with van der Waals surface area (Å²) in [5.41, 5.74) is 7.61. The van der Waals surface area contributed by atoms with Crippen molar-refractivity contribution in [1.82, 2.24) is 14.8 Å². The Morgan fingerprint density at radius 3 is 2.88 bits per heavy atom. The van der Waals surface area contributed by atoms with Crippen LogP contribution in [0.25, 0.3) is 11.4 Å². The molecular formula is C18H25N5O. The number of benzene rings is 1. The monoisotopic (exact) mass is 327 g/mol. The molecule has 0 aliphatic carbocycles. The van der Waals surface area contributed by atoms with Gasteiger partial charge < -0.3 is 15.6 Å². The molecule has 0 saturated heterocycles. The topological polar surface area (TPSA) is 85.8 Å². The zero-order valence-electron chi connectivity index (χ0n) is 14.3. The zero-order valence-corrected chi connectivity index (χ0v) is 14.3. The Labute approximate surface area is 142 Å². The smallest absolute Gasteiger partial charge is 0.241 e. The van der Waals surface area contributed by atoms with Gasteiger partial charge >= 0.3 is 0 Å². The third-order valence-electron chi connectivity index (χ3n) is 4.52. The lowest BCUT2D eigenvalue weighted by molar-refractivity contribution is -0.118. The van der Waals surface area contributed by atoms with E-state index in [1.54, 1.807) is 0 Å². The highest BCUT2D eigenvalue weighted by molar-refractivity contribution is 5.95. The zero-order chi connectivity index (χ0) is 17.1. The van der Waals surface area contributed by atoms with E-state index in [1.807, 2.05) is 38.1 Å². The van der Waals surface area contributed by atoms with Crippen LogP contribution in [0, 0.1) is 5.92 Å². The SMILES string of the molecule is CC(C)[C@H](N)C(=O)Nc1cccc(-c2nnc3n2CCCCC3)c1. The van der Waals surface area contributed by atoms with E-state index in [0.29, 0.717) is 0 Å². The molecule has 6 nitrogen and oxygen atoms in total. The molecular weight excluding hydrogens is 302 g/mol. The highest BCUT2D eigenvalue weighted by Crippen LogP contribution is 2.25. The van der Waals surface area contributed by atoms with E-state index in [4.69, 9.17) is 5.73 Å². The second kappa shape index (κ2) is 7.13. The van der Waals surface area contributed by atoms with Gasteiger partial charge in [0, 0.05) is 24.2 Å². The molecule has 3 N–H and O–H groups in total. The summed E-state index contributed by atoms with van der Waals surface area (Å²) in [6.45, 7) is 4.82. The number of nitrogens with zero attached hydrogens (tertiary/aromatic N) is 3. The van der Waals surface area contributed by atoms with Gasteiger partial charge in [0.05, 0.1) is 6.04 Å². The van der Waals surface area contributed by atoms with Gasteiger partial charge in [0.25, 0.3) is 0 Å². The molecule has 1 aromatic carbocycles. The molecule has 3 rings (SSSR count). The van der Waals surface area contributed by atoms with E-state index in [0.717, 1.165) is 42.3 Å². The highest BCUT2D eigenvalue weighted by Gasteiger charge is 2.19.